The van der Waals surface area contributed by atoms with Crippen LogP contribution in [0, 0.1) is 0 Å². The molecular formula is C13H17N3O4S. The molecule has 1 aromatic heterocycles. The number of rotatable bonds is 0. The minimum atomic E-state index is -3.63. The molecule has 1 amide bonds. The second-order valence-electron chi connectivity index (χ2n) is 5.46. The molecule has 2 atom stereocenters. The van der Waals surface area contributed by atoms with Crippen LogP contribution in [0.3, 0.4) is 0 Å². The van der Waals surface area contributed by atoms with E-state index in [1.807, 2.05) is 0 Å². The first-order valence-electron chi connectivity index (χ1n) is 6.81. The topological polar surface area (TPSA) is 94.6 Å². The van der Waals surface area contributed by atoms with Crippen molar-refractivity contribution in [1.29, 1.82) is 0 Å². The van der Waals surface area contributed by atoms with Gasteiger partial charge in [0.05, 0.1) is 13.1 Å². The fraction of sp³-hybridized carbons (Fsp3) is 0.538. The first-order valence-corrected chi connectivity index (χ1v) is 8.29. The highest BCUT2D eigenvalue weighted by molar-refractivity contribution is 7.95. The van der Waals surface area contributed by atoms with E-state index >= 15 is 0 Å². The van der Waals surface area contributed by atoms with Crippen molar-refractivity contribution in [2.75, 3.05) is 19.6 Å². The van der Waals surface area contributed by atoms with Gasteiger partial charge < -0.3 is 14.2 Å². The number of ether oxygens (including phenoxy) is 1. The minimum Gasteiger partial charge on any atom is -0.593 e. The number of aromatic nitrogens is 1. The molecule has 2 unspecified atom stereocenters. The summed E-state index contributed by atoms with van der Waals surface area (Å²) in [7, 11) is -3.63. The molecule has 1 saturated heterocycles. The number of piperidine rings is 1. The quantitative estimate of drug-likeness (QED) is 0.698. The van der Waals surface area contributed by atoms with E-state index in [-0.39, 0.29) is 23.2 Å². The molecule has 3 rings (SSSR count). The zero-order chi connectivity index (χ0) is 15.1. The first-order chi connectivity index (χ1) is 9.92. The Labute approximate surface area is 124 Å². The SMILES string of the molecule is CC(=O)N1CCCC2(CN[S+](=O)([O-])c3cccnc3O2)C1. The summed E-state index contributed by atoms with van der Waals surface area (Å²) in [6, 6.07) is 3.03. The van der Waals surface area contributed by atoms with E-state index < -0.39 is 16.0 Å². The van der Waals surface area contributed by atoms with Crippen LogP contribution in [0.5, 0.6) is 5.88 Å². The maximum atomic E-state index is 12.2. The molecule has 0 saturated carbocycles. The summed E-state index contributed by atoms with van der Waals surface area (Å²) in [6.07, 6.45) is 2.94. The van der Waals surface area contributed by atoms with E-state index in [2.05, 4.69) is 9.71 Å². The van der Waals surface area contributed by atoms with E-state index in [4.69, 9.17) is 4.74 Å². The van der Waals surface area contributed by atoms with Crippen molar-refractivity contribution in [3.05, 3.63) is 18.3 Å². The molecule has 1 spiro atoms. The van der Waals surface area contributed by atoms with Crippen LogP contribution in [-0.4, -0.2) is 45.6 Å². The molecule has 1 fully saturated rings. The highest BCUT2D eigenvalue weighted by Crippen LogP contribution is 2.34. The van der Waals surface area contributed by atoms with Gasteiger partial charge >= 0.3 is 0 Å². The molecule has 2 aliphatic rings. The van der Waals surface area contributed by atoms with Gasteiger partial charge in [-0.15, -0.1) is 4.72 Å². The zero-order valence-corrected chi connectivity index (χ0v) is 12.5. The van der Waals surface area contributed by atoms with E-state index in [0.29, 0.717) is 19.5 Å². The van der Waals surface area contributed by atoms with Gasteiger partial charge in [-0.25, -0.2) is 4.98 Å². The number of likely N-dealkylation sites (tertiary alicyclic amines) is 1. The van der Waals surface area contributed by atoms with Crippen molar-refractivity contribution in [3.8, 4) is 5.88 Å². The number of hydrogen-bond acceptors (Lipinski definition) is 5. The average molecular weight is 311 g/mol. The maximum absolute atomic E-state index is 12.2. The van der Waals surface area contributed by atoms with Crippen molar-refractivity contribution < 1.29 is 18.3 Å². The predicted octanol–water partition coefficient (Wildman–Crippen LogP) is 0.348. The number of nitrogens with one attached hydrogen (secondary N) is 1. The van der Waals surface area contributed by atoms with Crippen LogP contribution < -0.4 is 9.46 Å². The second kappa shape index (κ2) is 5.04. The molecule has 8 heteroatoms. The highest BCUT2D eigenvalue weighted by Gasteiger charge is 2.45. The summed E-state index contributed by atoms with van der Waals surface area (Å²) in [5, 5.41) is 0. The van der Waals surface area contributed by atoms with Gasteiger partial charge in [-0.2, -0.15) is 0 Å². The van der Waals surface area contributed by atoms with Gasteiger partial charge in [-0.3, -0.25) is 4.79 Å². The van der Waals surface area contributed by atoms with Crippen LogP contribution in [0.4, 0.5) is 0 Å². The van der Waals surface area contributed by atoms with Crippen molar-refractivity contribution in [2.45, 2.75) is 30.3 Å². The Balaban J connectivity index is 1.97. The van der Waals surface area contributed by atoms with Crippen LogP contribution in [-0.2, 0) is 19.4 Å². The van der Waals surface area contributed by atoms with Gasteiger partial charge in [0.25, 0.3) is 5.88 Å². The van der Waals surface area contributed by atoms with Crippen LogP contribution in [0.2, 0.25) is 0 Å². The number of fused-ring (bicyclic) bond motifs is 1. The Bertz CT molecular complexity index is 623. The molecule has 0 radical (unpaired) electrons. The van der Waals surface area contributed by atoms with Gasteiger partial charge in [-0.05, 0) is 18.9 Å². The second-order valence-corrected chi connectivity index (χ2v) is 7.20. The van der Waals surface area contributed by atoms with E-state index in [1.54, 1.807) is 11.0 Å². The molecule has 114 valence electrons. The summed E-state index contributed by atoms with van der Waals surface area (Å²) in [6.45, 7) is 2.67. The fourth-order valence-corrected chi connectivity index (χ4v) is 3.99. The van der Waals surface area contributed by atoms with Crippen molar-refractivity contribution in [1.82, 2.24) is 14.6 Å². The van der Waals surface area contributed by atoms with Crippen molar-refractivity contribution >= 4 is 16.3 Å². The van der Waals surface area contributed by atoms with Crippen LogP contribution >= 0.6 is 0 Å². The number of pyridine rings is 1. The Morgan fingerprint density at radius 1 is 1.62 bits per heavy atom. The van der Waals surface area contributed by atoms with E-state index in [1.165, 1.54) is 19.2 Å². The molecule has 0 aliphatic carbocycles. The number of carbonyl (C=O) groups is 1. The summed E-state index contributed by atoms with van der Waals surface area (Å²) in [4.78, 5) is 17.4. The lowest BCUT2D eigenvalue weighted by atomic mass is 9.92. The zero-order valence-electron chi connectivity index (χ0n) is 11.7. The highest BCUT2D eigenvalue weighted by atomic mass is 32.3. The molecule has 1 aromatic rings. The average Bonchev–Trinajstić information content (AvgIpc) is 2.55. The van der Waals surface area contributed by atoms with E-state index in [0.717, 1.165) is 6.42 Å². The summed E-state index contributed by atoms with van der Waals surface area (Å²) >= 11 is 0. The summed E-state index contributed by atoms with van der Waals surface area (Å²) in [5.74, 6) is 0.0684. The van der Waals surface area contributed by atoms with E-state index in [9.17, 15) is 13.6 Å². The molecule has 1 N–H and O–H groups in total. The lowest BCUT2D eigenvalue weighted by molar-refractivity contribution is -0.134. The Kier molecular flexibility index (Phi) is 3.46. The standard InChI is InChI=1S/C13H17N3O4S/c1-10(17)16-7-3-5-13(9-16)8-15-21(18,19)11-4-2-6-14-12(11)20-13/h2,4,6H,3,5,7-9H2,1H3,(H-,15,18,19). The van der Waals surface area contributed by atoms with Crippen molar-refractivity contribution in [2.24, 2.45) is 0 Å². The predicted molar refractivity (Wildman–Crippen MR) is 74.2 cm³/mol. The molecule has 7 nitrogen and oxygen atoms in total. The number of sulfonamides is 1. The number of carbonyl (C=O) groups excluding carboxylic acids is 1. The summed E-state index contributed by atoms with van der Waals surface area (Å²) in [5.41, 5.74) is -0.753. The number of nitrogens with zero attached hydrogens (tertiary/aromatic N) is 2. The minimum absolute atomic E-state index is 0.0361. The first kappa shape index (κ1) is 14.4. The molecule has 21 heavy (non-hydrogen) atoms. The smallest absolute Gasteiger partial charge is 0.272 e. The molecule has 0 bridgehead atoms. The monoisotopic (exact) mass is 311 g/mol. The van der Waals surface area contributed by atoms with Crippen molar-refractivity contribution in [3.63, 3.8) is 0 Å². The van der Waals surface area contributed by atoms with Gasteiger partial charge in [0, 0.05) is 25.7 Å². The largest absolute Gasteiger partial charge is 0.593 e. The Morgan fingerprint density at radius 2 is 2.43 bits per heavy atom. The fourth-order valence-electron chi connectivity index (χ4n) is 2.80. The number of hydrogen-bond donors (Lipinski definition) is 1. The third-order valence-corrected chi connectivity index (χ3v) is 5.32. The molecule has 3 heterocycles. The van der Waals surface area contributed by atoms with Gasteiger partial charge in [0.15, 0.2) is 10.4 Å². The normalized spacial score (nSPS) is 32.2. The molecule has 2 aliphatic heterocycles. The maximum Gasteiger partial charge on any atom is 0.272 e. The lowest BCUT2D eigenvalue weighted by Crippen LogP contribution is -2.57. The Hall–Kier alpha value is -1.51. The Morgan fingerprint density at radius 3 is 3.19 bits per heavy atom. The molecule has 0 aromatic carbocycles. The lowest BCUT2D eigenvalue weighted by Gasteiger charge is -2.40. The third-order valence-electron chi connectivity index (χ3n) is 3.91. The molecular weight excluding hydrogens is 294 g/mol. The summed E-state index contributed by atoms with van der Waals surface area (Å²) < 4.78 is 33.0. The third kappa shape index (κ3) is 2.66. The van der Waals surface area contributed by atoms with Crippen LogP contribution in [0.1, 0.15) is 19.8 Å². The van der Waals surface area contributed by atoms with Crippen LogP contribution in [0.25, 0.3) is 0 Å². The van der Waals surface area contributed by atoms with Gasteiger partial charge in [0.1, 0.15) is 5.60 Å². The van der Waals surface area contributed by atoms with Crippen LogP contribution in [0.15, 0.2) is 23.2 Å². The van der Waals surface area contributed by atoms with Gasteiger partial charge in [-0.1, -0.05) is 4.21 Å². The van der Waals surface area contributed by atoms with Gasteiger partial charge in [0.2, 0.25) is 10.8 Å². The number of amides is 1.